The van der Waals surface area contributed by atoms with Crippen LogP contribution in [0.15, 0.2) is 54.6 Å². The lowest BCUT2D eigenvalue weighted by molar-refractivity contribution is -0.116. The Morgan fingerprint density at radius 2 is 1.65 bits per heavy atom. The zero-order valence-electron chi connectivity index (χ0n) is 22.8. The van der Waals surface area contributed by atoms with Crippen molar-refractivity contribution in [2.24, 2.45) is 5.92 Å². The molecule has 0 aliphatic heterocycles. The molecule has 0 unspecified atom stereocenters. The van der Waals surface area contributed by atoms with Gasteiger partial charge in [0.1, 0.15) is 12.4 Å². The second-order valence-corrected chi connectivity index (χ2v) is 11.5. The summed E-state index contributed by atoms with van der Waals surface area (Å²) in [6.07, 6.45) is 0. The highest BCUT2D eigenvalue weighted by Crippen LogP contribution is 2.29. The van der Waals surface area contributed by atoms with Crippen LogP contribution >= 0.6 is 11.6 Å². The minimum atomic E-state index is -0.323. The summed E-state index contributed by atoms with van der Waals surface area (Å²) >= 11 is 6.44. The van der Waals surface area contributed by atoms with E-state index in [1.54, 1.807) is 10.7 Å². The van der Waals surface area contributed by atoms with Crippen molar-refractivity contribution in [1.82, 2.24) is 14.7 Å². The lowest BCUT2D eigenvalue weighted by Gasteiger charge is -2.24. The van der Waals surface area contributed by atoms with Gasteiger partial charge in [0.05, 0.1) is 16.4 Å². The van der Waals surface area contributed by atoms with E-state index in [1.165, 1.54) is 10.5 Å². The summed E-state index contributed by atoms with van der Waals surface area (Å²) in [6.45, 7) is 14.8. The van der Waals surface area contributed by atoms with E-state index in [0.29, 0.717) is 34.7 Å². The van der Waals surface area contributed by atoms with Crippen LogP contribution in [0, 0.1) is 5.92 Å². The van der Waals surface area contributed by atoms with E-state index in [-0.39, 0.29) is 29.8 Å². The van der Waals surface area contributed by atoms with Crippen molar-refractivity contribution >= 4 is 35.0 Å². The van der Waals surface area contributed by atoms with Gasteiger partial charge in [-0.15, -0.1) is 0 Å². The van der Waals surface area contributed by atoms with Crippen molar-refractivity contribution in [3.05, 3.63) is 70.9 Å². The molecule has 0 bridgehead atoms. The number of nitrogens with one attached hydrogen (secondary N) is 2. The fourth-order valence-corrected chi connectivity index (χ4v) is 4.03. The summed E-state index contributed by atoms with van der Waals surface area (Å²) in [5.41, 5.74) is 3.12. The van der Waals surface area contributed by atoms with Gasteiger partial charge in [-0.05, 0) is 41.7 Å². The number of rotatable bonds is 8. The van der Waals surface area contributed by atoms with Gasteiger partial charge >= 0.3 is 6.03 Å². The van der Waals surface area contributed by atoms with Gasteiger partial charge in [0.25, 0.3) is 0 Å². The molecule has 198 valence electrons. The van der Waals surface area contributed by atoms with Crippen LogP contribution in [0.25, 0.3) is 5.69 Å². The van der Waals surface area contributed by atoms with Gasteiger partial charge in [0.15, 0.2) is 0 Å². The van der Waals surface area contributed by atoms with E-state index < -0.39 is 0 Å². The summed E-state index contributed by atoms with van der Waals surface area (Å²) in [4.78, 5) is 27.8. The molecule has 0 aliphatic carbocycles. The van der Waals surface area contributed by atoms with Crippen molar-refractivity contribution in [3.8, 4) is 5.69 Å². The molecule has 0 atom stereocenters. The molecule has 1 heterocycles. The minimum Gasteiger partial charge on any atom is -0.315 e. The first kappa shape index (κ1) is 28.3. The van der Waals surface area contributed by atoms with E-state index in [0.717, 1.165) is 5.69 Å². The molecule has 0 aliphatic rings. The fraction of sp³-hybridized carbons (Fsp3) is 0.414. The SMILES string of the molecule is CC(C)CN(CC(=O)Nc1cc(C(C)(C)C)nn1-c1ccccc1Cl)C(=O)Nc1ccc(C(C)C)cc1. The van der Waals surface area contributed by atoms with Crippen molar-refractivity contribution in [2.45, 2.75) is 59.8 Å². The monoisotopic (exact) mass is 523 g/mol. The predicted molar refractivity (Wildman–Crippen MR) is 152 cm³/mol. The first-order chi connectivity index (χ1) is 17.3. The minimum absolute atomic E-state index is 0.105. The highest BCUT2D eigenvalue weighted by molar-refractivity contribution is 6.32. The molecule has 3 rings (SSSR count). The highest BCUT2D eigenvalue weighted by atomic mass is 35.5. The third kappa shape index (κ3) is 7.59. The van der Waals surface area contributed by atoms with Crippen molar-refractivity contribution in [1.29, 1.82) is 0 Å². The Labute approximate surface area is 225 Å². The van der Waals surface area contributed by atoms with Crippen LogP contribution in [0.3, 0.4) is 0 Å². The third-order valence-electron chi connectivity index (χ3n) is 5.86. The van der Waals surface area contributed by atoms with Gasteiger partial charge in [-0.3, -0.25) is 4.79 Å². The maximum atomic E-state index is 13.2. The molecule has 3 aromatic rings. The number of benzene rings is 2. The normalized spacial score (nSPS) is 11.6. The first-order valence-electron chi connectivity index (χ1n) is 12.7. The molecule has 2 N–H and O–H groups in total. The molecular weight excluding hydrogens is 486 g/mol. The largest absolute Gasteiger partial charge is 0.322 e. The van der Waals surface area contributed by atoms with E-state index in [4.69, 9.17) is 16.7 Å². The van der Waals surface area contributed by atoms with E-state index in [1.807, 2.05) is 62.4 Å². The Morgan fingerprint density at radius 3 is 2.22 bits per heavy atom. The Balaban J connectivity index is 1.80. The molecule has 0 spiro atoms. The number of anilines is 2. The Kier molecular flexibility index (Phi) is 9.02. The van der Waals surface area contributed by atoms with E-state index in [2.05, 4.69) is 45.3 Å². The van der Waals surface area contributed by atoms with Gasteiger partial charge in [-0.1, -0.05) is 84.3 Å². The second-order valence-electron chi connectivity index (χ2n) is 11.1. The Morgan fingerprint density at radius 1 is 1.00 bits per heavy atom. The molecule has 0 fully saturated rings. The number of halogens is 1. The predicted octanol–water partition coefficient (Wildman–Crippen LogP) is 7.08. The molecule has 3 amide bonds. The molecule has 0 saturated carbocycles. The Bertz CT molecular complexity index is 1230. The van der Waals surface area contributed by atoms with E-state index >= 15 is 0 Å². The topological polar surface area (TPSA) is 79.3 Å². The van der Waals surface area contributed by atoms with Gasteiger partial charge in [-0.2, -0.15) is 5.10 Å². The van der Waals surface area contributed by atoms with Crippen molar-refractivity contribution in [2.75, 3.05) is 23.7 Å². The average Bonchev–Trinajstić information content (AvgIpc) is 3.23. The summed E-state index contributed by atoms with van der Waals surface area (Å²) in [5.74, 6) is 0.767. The number of amides is 3. The number of carbonyl (C=O) groups is 2. The first-order valence-corrected chi connectivity index (χ1v) is 13.0. The van der Waals surface area contributed by atoms with Crippen LogP contribution in [-0.2, 0) is 10.2 Å². The molecule has 1 aromatic heterocycles. The van der Waals surface area contributed by atoms with Crippen LogP contribution in [0.5, 0.6) is 0 Å². The lowest BCUT2D eigenvalue weighted by Crippen LogP contribution is -2.42. The zero-order chi connectivity index (χ0) is 27.3. The number of carbonyl (C=O) groups excluding carboxylic acids is 2. The summed E-state index contributed by atoms with van der Waals surface area (Å²) < 4.78 is 1.64. The fourth-order valence-electron chi connectivity index (χ4n) is 3.81. The number of para-hydroxylation sites is 1. The van der Waals surface area contributed by atoms with Crippen molar-refractivity contribution in [3.63, 3.8) is 0 Å². The van der Waals surface area contributed by atoms with Crippen molar-refractivity contribution < 1.29 is 9.59 Å². The smallest absolute Gasteiger partial charge is 0.315 e. The maximum absolute atomic E-state index is 13.2. The average molecular weight is 524 g/mol. The van der Waals surface area contributed by atoms with Crippen LogP contribution in [0.2, 0.25) is 5.02 Å². The van der Waals surface area contributed by atoms with Crippen LogP contribution in [0.1, 0.15) is 65.6 Å². The van der Waals surface area contributed by atoms with Gasteiger partial charge < -0.3 is 15.5 Å². The Hall–Kier alpha value is -3.32. The van der Waals surface area contributed by atoms with Crippen LogP contribution in [0.4, 0.5) is 16.3 Å². The van der Waals surface area contributed by atoms with E-state index in [9.17, 15) is 9.59 Å². The molecule has 37 heavy (non-hydrogen) atoms. The lowest BCUT2D eigenvalue weighted by atomic mass is 9.92. The van der Waals surface area contributed by atoms with Crippen LogP contribution < -0.4 is 10.6 Å². The molecule has 8 heteroatoms. The summed E-state index contributed by atoms with van der Waals surface area (Å²) in [5, 5.41) is 11.1. The van der Waals surface area contributed by atoms with Gasteiger partial charge in [0, 0.05) is 23.7 Å². The standard InChI is InChI=1S/C29H38ClN5O2/c1-19(2)17-34(28(37)31-22-14-12-21(13-15-22)20(3)4)18-27(36)32-26-16-25(29(5,6)7)33-35(26)24-11-9-8-10-23(24)30/h8-16,19-20H,17-18H2,1-7H3,(H,31,37)(H,32,36). The number of aromatic nitrogens is 2. The summed E-state index contributed by atoms with van der Waals surface area (Å²) in [6, 6.07) is 16.6. The second kappa shape index (κ2) is 11.8. The number of nitrogens with zero attached hydrogens (tertiary/aromatic N) is 3. The number of hydrogen-bond donors (Lipinski definition) is 2. The highest BCUT2D eigenvalue weighted by Gasteiger charge is 2.24. The molecular formula is C29H38ClN5O2. The van der Waals surface area contributed by atoms with Crippen LogP contribution in [-0.4, -0.2) is 39.7 Å². The summed E-state index contributed by atoms with van der Waals surface area (Å²) in [7, 11) is 0. The number of hydrogen-bond acceptors (Lipinski definition) is 3. The molecule has 0 radical (unpaired) electrons. The zero-order valence-corrected chi connectivity index (χ0v) is 23.6. The maximum Gasteiger partial charge on any atom is 0.322 e. The van der Waals surface area contributed by atoms with Gasteiger partial charge in [-0.25, -0.2) is 9.48 Å². The quantitative estimate of drug-likeness (QED) is 0.331. The number of urea groups is 1. The molecule has 0 saturated heterocycles. The van der Waals surface area contributed by atoms with Gasteiger partial charge in [0.2, 0.25) is 5.91 Å². The molecule has 2 aromatic carbocycles. The third-order valence-corrected chi connectivity index (χ3v) is 6.18. The molecule has 7 nitrogen and oxygen atoms in total.